The quantitative estimate of drug-likeness (QED) is 0.873. The average Bonchev–Trinajstić information content (AvgIpc) is 3.29. The van der Waals surface area contributed by atoms with Crippen LogP contribution in [0.5, 0.6) is 0 Å². The number of likely N-dealkylation sites (tertiary alicyclic amines) is 1. The van der Waals surface area contributed by atoms with Crippen LogP contribution in [-0.4, -0.2) is 28.7 Å². The lowest BCUT2D eigenvalue weighted by molar-refractivity contribution is -0.141. The lowest BCUT2D eigenvalue weighted by Crippen LogP contribution is -2.49. The maximum Gasteiger partial charge on any atom is 0.230 e. The molecule has 0 radical (unpaired) electrons. The molecule has 120 valence electrons. The molecular formula is C20H18N2O2. The number of benzene rings is 2. The predicted molar refractivity (Wildman–Crippen MR) is 90.2 cm³/mol. The summed E-state index contributed by atoms with van der Waals surface area (Å²) in [5.41, 5.74) is 3.27. The van der Waals surface area contributed by atoms with Crippen LogP contribution in [0.25, 0.3) is 0 Å². The van der Waals surface area contributed by atoms with Gasteiger partial charge in [0.1, 0.15) is 6.10 Å². The van der Waals surface area contributed by atoms with Crippen LogP contribution in [0.4, 0.5) is 0 Å². The molecule has 1 aliphatic carbocycles. The molecule has 4 heteroatoms. The molecule has 4 unspecified atom stereocenters. The Kier molecular flexibility index (Phi) is 2.98. The molecule has 2 bridgehead atoms. The van der Waals surface area contributed by atoms with E-state index in [2.05, 4.69) is 29.4 Å². The van der Waals surface area contributed by atoms with E-state index in [1.165, 1.54) is 5.56 Å². The molecular weight excluding hydrogens is 300 g/mol. The van der Waals surface area contributed by atoms with Crippen LogP contribution in [-0.2, 0) is 16.2 Å². The van der Waals surface area contributed by atoms with E-state index >= 15 is 0 Å². The van der Waals surface area contributed by atoms with Crippen LogP contribution in [0.15, 0.2) is 65.8 Å². The van der Waals surface area contributed by atoms with E-state index in [0.29, 0.717) is 6.54 Å². The second-order valence-corrected chi connectivity index (χ2v) is 6.80. The summed E-state index contributed by atoms with van der Waals surface area (Å²) in [5, 5.41) is 4.35. The van der Waals surface area contributed by atoms with E-state index < -0.39 is 0 Å². The van der Waals surface area contributed by atoms with Gasteiger partial charge in [0.2, 0.25) is 5.91 Å². The molecule has 5 rings (SSSR count). The third-order valence-corrected chi connectivity index (χ3v) is 5.51. The number of nitrogens with zero attached hydrogens (tertiary/aromatic N) is 2. The first kappa shape index (κ1) is 13.8. The van der Waals surface area contributed by atoms with E-state index in [0.717, 1.165) is 17.7 Å². The maximum atomic E-state index is 12.8. The van der Waals surface area contributed by atoms with Crippen molar-refractivity contribution in [2.75, 3.05) is 0 Å². The molecule has 2 aliphatic heterocycles. The minimum Gasteiger partial charge on any atom is -0.391 e. The number of amides is 1. The Morgan fingerprint density at radius 1 is 1.04 bits per heavy atom. The number of hydrogen-bond donors (Lipinski definition) is 0. The molecule has 0 N–H and O–H groups in total. The number of carbonyl (C=O) groups excluding carboxylic acids is 1. The van der Waals surface area contributed by atoms with Crippen molar-refractivity contribution in [1.82, 2.24) is 4.90 Å². The third kappa shape index (κ3) is 1.92. The molecule has 1 amide bonds. The van der Waals surface area contributed by atoms with Crippen molar-refractivity contribution in [3.8, 4) is 0 Å². The van der Waals surface area contributed by atoms with Crippen molar-refractivity contribution in [3.63, 3.8) is 0 Å². The molecule has 4 nitrogen and oxygen atoms in total. The lowest BCUT2D eigenvalue weighted by atomic mass is 9.87. The summed E-state index contributed by atoms with van der Waals surface area (Å²) in [6.45, 7) is 0.673. The third-order valence-electron chi connectivity index (χ3n) is 5.51. The van der Waals surface area contributed by atoms with Crippen molar-refractivity contribution < 1.29 is 9.63 Å². The highest BCUT2D eigenvalue weighted by molar-refractivity contribution is 6.05. The first-order valence-electron chi connectivity index (χ1n) is 8.46. The Morgan fingerprint density at radius 2 is 1.75 bits per heavy atom. The SMILES string of the molecule is O=C1C2CC(C3C(c4ccccc4)=NOC23)N1Cc1ccccc1. The van der Waals surface area contributed by atoms with Gasteiger partial charge in [0.25, 0.3) is 0 Å². The van der Waals surface area contributed by atoms with Gasteiger partial charge in [-0.25, -0.2) is 0 Å². The molecule has 4 atom stereocenters. The van der Waals surface area contributed by atoms with Crippen molar-refractivity contribution in [2.45, 2.75) is 25.1 Å². The number of carbonyl (C=O) groups is 1. The van der Waals surface area contributed by atoms with Gasteiger partial charge in [-0.3, -0.25) is 4.79 Å². The van der Waals surface area contributed by atoms with Crippen LogP contribution >= 0.6 is 0 Å². The van der Waals surface area contributed by atoms with E-state index in [1.807, 2.05) is 41.3 Å². The molecule has 1 saturated carbocycles. The number of fused-ring (bicyclic) bond motifs is 5. The Bertz CT molecular complexity index is 803. The summed E-state index contributed by atoms with van der Waals surface area (Å²) in [6.07, 6.45) is 0.803. The van der Waals surface area contributed by atoms with Crippen LogP contribution in [0, 0.1) is 11.8 Å². The van der Waals surface area contributed by atoms with Crippen LogP contribution in [0.3, 0.4) is 0 Å². The van der Waals surface area contributed by atoms with Gasteiger partial charge in [0, 0.05) is 12.6 Å². The van der Waals surface area contributed by atoms with Crippen molar-refractivity contribution in [2.24, 2.45) is 17.0 Å². The largest absolute Gasteiger partial charge is 0.391 e. The molecule has 2 fully saturated rings. The summed E-state index contributed by atoms with van der Waals surface area (Å²) >= 11 is 0. The Morgan fingerprint density at radius 3 is 2.50 bits per heavy atom. The smallest absolute Gasteiger partial charge is 0.230 e. The Labute approximate surface area is 140 Å². The highest BCUT2D eigenvalue weighted by Crippen LogP contribution is 2.49. The van der Waals surface area contributed by atoms with Gasteiger partial charge in [-0.1, -0.05) is 65.8 Å². The zero-order valence-electron chi connectivity index (χ0n) is 13.2. The number of rotatable bonds is 3. The highest BCUT2D eigenvalue weighted by Gasteiger charge is 2.62. The molecule has 0 spiro atoms. The van der Waals surface area contributed by atoms with Gasteiger partial charge >= 0.3 is 0 Å². The van der Waals surface area contributed by atoms with Crippen molar-refractivity contribution in [3.05, 3.63) is 71.8 Å². The molecule has 1 saturated heterocycles. The van der Waals surface area contributed by atoms with E-state index in [1.54, 1.807) is 0 Å². The lowest BCUT2D eigenvalue weighted by Gasteiger charge is -2.33. The summed E-state index contributed by atoms with van der Waals surface area (Å²) < 4.78 is 0. The topological polar surface area (TPSA) is 41.9 Å². The first-order chi connectivity index (χ1) is 11.8. The fourth-order valence-corrected chi connectivity index (χ4v) is 4.43. The zero-order chi connectivity index (χ0) is 16.1. The molecule has 24 heavy (non-hydrogen) atoms. The van der Waals surface area contributed by atoms with Crippen LogP contribution in [0.1, 0.15) is 17.5 Å². The fourth-order valence-electron chi connectivity index (χ4n) is 4.43. The highest BCUT2D eigenvalue weighted by atomic mass is 16.6. The minimum atomic E-state index is -0.0790. The summed E-state index contributed by atoms with van der Waals surface area (Å²) in [7, 11) is 0. The molecule has 2 heterocycles. The standard InChI is InChI=1S/C20H18N2O2/c23-20-15-11-16(22(20)12-13-7-3-1-4-8-13)17-18(21-24-19(15)17)14-9-5-2-6-10-14/h1-10,15-17,19H,11-12H2. The monoisotopic (exact) mass is 318 g/mol. The number of piperidine rings is 1. The second-order valence-electron chi connectivity index (χ2n) is 6.80. The normalized spacial score (nSPS) is 30.2. The summed E-state index contributed by atoms with van der Waals surface area (Å²) in [4.78, 5) is 20.5. The van der Waals surface area contributed by atoms with E-state index in [4.69, 9.17) is 4.84 Å². The predicted octanol–water partition coefficient (Wildman–Crippen LogP) is 2.84. The Hall–Kier alpha value is -2.62. The first-order valence-corrected chi connectivity index (χ1v) is 8.46. The van der Waals surface area contributed by atoms with Gasteiger partial charge in [0.05, 0.1) is 17.5 Å². The molecule has 2 aromatic carbocycles. The van der Waals surface area contributed by atoms with Gasteiger partial charge < -0.3 is 9.74 Å². The van der Waals surface area contributed by atoms with Crippen LogP contribution in [0.2, 0.25) is 0 Å². The van der Waals surface area contributed by atoms with Gasteiger partial charge in [-0.05, 0) is 17.5 Å². The van der Waals surface area contributed by atoms with Gasteiger partial charge in [-0.2, -0.15) is 0 Å². The molecule has 0 aromatic heterocycles. The van der Waals surface area contributed by atoms with Crippen molar-refractivity contribution in [1.29, 1.82) is 0 Å². The van der Waals surface area contributed by atoms with E-state index in [-0.39, 0.29) is 29.9 Å². The summed E-state index contributed by atoms with van der Waals surface area (Å²) in [5.74, 6) is 0.363. The zero-order valence-corrected chi connectivity index (χ0v) is 13.2. The van der Waals surface area contributed by atoms with E-state index in [9.17, 15) is 4.79 Å². The van der Waals surface area contributed by atoms with Gasteiger partial charge in [-0.15, -0.1) is 0 Å². The minimum absolute atomic E-state index is 0.0475. The second kappa shape index (κ2) is 5.20. The summed E-state index contributed by atoms with van der Waals surface area (Å²) in [6, 6.07) is 20.6. The van der Waals surface area contributed by atoms with Crippen LogP contribution < -0.4 is 0 Å². The molecule has 2 aromatic rings. The van der Waals surface area contributed by atoms with Gasteiger partial charge in [0.15, 0.2) is 0 Å². The van der Waals surface area contributed by atoms with Crippen molar-refractivity contribution >= 4 is 11.6 Å². The fraction of sp³-hybridized carbons (Fsp3) is 0.300. The Balaban J connectivity index is 1.45. The number of hydrogen-bond acceptors (Lipinski definition) is 3. The maximum absolute atomic E-state index is 12.8. The molecule has 3 aliphatic rings. The number of oxime groups is 1. The average molecular weight is 318 g/mol.